The number of hydrogen-bond acceptors (Lipinski definition) is 4. The molecule has 0 radical (unpaired) electrons. The number of hydrogen-bond donors (Lipinski definition) is 1. The highest BCUT2D eigenvalue weighted by atomic mass is 16.5. The van der Waals surface area contributed by atoms with Gasteiger partial charge in [-0.05, 0) is 30.7 Å². The molecule has 0 fully saturated rings. The summed E-state index contributed by atoms with van der Waals surface area (Å²) in [6, 6.07) is 11.6. The molecular weight excluding hydrogens is 282 g/mol. The van der Waals surface area contributed by atoms with Gasteiger partial charge in [0.2, 0.25) is 5.91 Å². The van der Waals surface area contributed by atoms with Gasteiger partial charge in [-0.3, -0.25) is 4.79 Å². The van der Waals surface area contributed by atoms with Crippen LogP contribution in [0.1, 0.15) is 23.1 Å². The Balaban J connectivity index is 2.08. The van der Waals surface area contributed by atoms with Crippen LogP contribution >= 0.6 is 0 Å². The van der Waals surface area contributed by atoms with Crippen molar-refractivity contribution in [3.63, 3.8) is 0 Å². The van der Waals surface area contributed by atoms with Crippen LogP contribution in [0.4, 0.5) is 0 Å². The lowest BCUT2D eigenvalue weighted by atomic mass is 10.1. The lowest BCUT2D eigenvalue weighted by Gasteiger charge is -2.15. The maximum Gasteiger partial charge on any atom is 0.333 e. The van der Waals surface area contributed by atoms with Gasteiger partial charge < -0.3 is 14.5 Å². The Bertz CT molecular complexity index is 673. The summed E-state index contributed by atoms with van der Waals surface area (Å²) in [6.07, 6.45) is 2.86. The predicted octanol–water partition coefficient (Wildman–Crippen LogP) is 2.63. The molecule has 1 amide bonds. The van der Waals surface area contributed by atoms with Gasteiger partial charge in [-0.2, -0.15) is 0 Å². The number of aryl methyl sites for hydroxylation is 1. The Labute approximate surface area is 128 Å². The Hall–Kier alpha value is -2.82. The van der Waals surface area contributed by atoms with Crippen LogP contribution in [0.25, 0.3) is 6.08 Å². The summed E-state index contributed by atoms with van der Waals surface area (Å²) in [5.74, 6) is 0.397. The minimum absolute atomic E-state index is 0.409. The van der Waals surface area contributed by atoms with Crippen molar-refractivity contribution in [2.75, 3.05) is 7.11 Å². The van der Waals surface area contributed by atoms with Gasteiger partial charge in [0.25, 0.3) is 0 Å². The number of rotatable bonds is 5. The molecule has 0 spiro atoms. The number of carbonyl (C=O) groups is 2. The maximum absolute atomic E-state index is 12.0. The highest BCUT2D eigenvalue weighted by Crippen LogP contribution is 2.14. The average Bonchev–Trinajstić information content (AvgIpc) is 2.96. The highest BCUT2D eigenvalue weighted by molar-refractivity contribution is 5.94. The molecule has 1 aromatic carbocycles. The second-order valence-electron chi connectivity index (χ2n) is 4.66. The van der Waals surface area contributed by atoms with E-state index >= 15 is 0 Å². The molecule has 1 aromatic heterocycles. The van der Waals surface area contributed by atoms with Crippen LogP contribution in [0, 0.1) is 6.92 Å². The van der Waals surface area contributed by atoms with E-state index in [-0.39, 0.29) is 0 Å². The third kappa shape index (κ3) is 4.09. The van der Waals surface area contributed by atoms with Crippen molar-refractivity contribution in [1.82, 2.24) is 5.32 Å². The molecule has 0 aliphatic carbocycles. The molecule has 0 saturated carbocycles. The van der Waals surface area contributed by atoms with Crippen molar-refractivity contribution in [1.29, 1.82) is 0 Å². The summed E-state index contributed by atoms with van der Waals surface area (Å²) in [5.41, 5.74) is 0.657. The minimum atomic E-state index is -0.846. The fourth-order valence-electron chi connectivity index (χ4n) is 1.93. The summed E-state index contributed by atoms with van der Waals surface area (Å²) in [5, 5.41) is 2.62. The SMILES string of the molecule is COC(=O)[C@H](NC(=O)/C=C\c1ccc(C)o1)c1ccccc1. The first-order valence-electron chi connectivity index (χ1n) is 6.78. The molecule has 0 saturated heterocycles. The number of nitrogens with one attached hydrogen (secondary N) is 1. The highest BCUT2D eigenvalue weighted by Gasteiger charge is 2.22. The standard InChI is InChI=1S/C17H17NO4/c1-12-8-9-14(22-12)10-11-15(19)18-16(17(20)21-2)13-6-4-3-5-7-13/h3-11,16H,1-2H3,(H,18,19)/b11-10-/t16-/m1/s1. The normalized spacial score (nSPS) is 12.1. The quantitative estimate of drug-likeness (QED) is 0.680. The van der Waals surface area contributed by atoms with Gasteiger partial charge in [-0.1, -0.05) is 30.3 Å². The molecule has 0 unspecified atom stereocenters. The number of esters is 1. The van der Waals surface area contributed by atoms with E-state index in [1.807, 2.05) is 13.0 Å². The van der Waals surface area contributed by atoms with Crippen molar-refractivity contribution in [2.45, 2.75) is 13.0 Å². The van der Waals surface area contributed by atoms with Crippen LogP contribution in [0.2, 0.25) is 0 Å². The van der Waals surface area contributed by atoms with Gasteiger partial charge in [0, 0.05) is 6.08 Å². The van der Waals surface area contributed by atoms with E-state index in [9.17, 15) is 9.59 Å². The molecule has 0 aliphatic heterocycles. The molecule has 1 atom stereocenters. The molecule has 114 valence electrons. The summed E-state index contributed by atoms with van der Waals surface area (Å²) < 4.78 is 10.1. The number of furan rings is 1. The van der Waals surface area contributed by atoms with Crippen LogP contribution in [-0.2, 0) is 14.3 Å². The monoisotopic (exact) mass is 299 g/mol. The van der Waals surface area contributed by atoms with Crippen LogP contribution in [-0.4, -0.2) is 19.0 Å². The molecule has 2 rings (SSSR count). The molecule has 5 nitrogen and oxygen atoms in total. The molecule has 0 bridgehead atoms. The third-order valence-corrected chi connectivity index (χ3v) is 3.02. The summed E-state index contributed by atoms with van der Waals surface area (Å²) >= 11 is 0. The Morgan fingerprint density at radius 3 is 2.50 bits per heavy atom. The van der Waals surface area contributed by atoms with Gasteiger partial charge in [-0.15, -0.1) is 0 Å². The van der Waals surface area contributed by atoms with Gasteiger partial charge >= 0.3 is 5.97 Å². The van der Waals surface area contributed by atoms with E-state index in [4.69, 9.17) is 9.15 Å². The van der Waals surface area contributed by atoms with Gasteiger partial charge in [-0.25, -0.2) is 4.79 Å². The van der Waals surface area contributed by atoms with E-state index < -0.39 is 17.9 Å². The van der Waals surface area contributed by atoms with Crippen molar-refractivity contribution >= 4 is 18.0 Å². The predicted molar refractivity (Wildman–Crippen MR) is 81.8 cm³/mol. The van der Waals surface area contributed by atoms with Gasteiger partial charge in [0.15, 0.2) is 6.04 Å². The summed E-state index contributed by atoms with van der Waals surface area (Å²) in [7, 11) is 1.28. The minimum Gasteiger partial charge on any atom is -0.467 e. The first-order valence-corrected chi connectivity index (χ1v) is 6.78. The Morgan fingerprint density at radius 2 is 1.91 bits per heavy atom. The molecular formula is C17H17NO4. The van der Waals surface area contributed by atoms with Crippen molar-refractivity contribution < 1.29 is 18.7 Å². The van der Waals surface area contributed by atoms with Gasteiger partial charge in [0.05, 0.1) is 7.11 Å². The maximum atomic E-state index is 12.0. The van der Waals surface area contributed by atoms with Crippen LogP contribution in [0.5, 0.6) is 0 Å². The van der Waals surface area contributed by atoms with Crippen LogP contribution < -0.4 is 5.32 Å². The fourth-order valence-corrected chi connectivity index (χ4v) is 1.93. The molecule has 0 aliphatic rings. The largest absolute Gasteiger partial charge is 0.467 e. The molecule has 1 N–H and O–H groups in total. The van der Waals surface area contributed by atoms with Crippen LogP contribution in [0.15, 0.2) is 53.0 Å². The Kier molecular flexibility index (Phi) is 5.14. The van der Waals surface area contributed by atoms with E-state index in [1.54, 1.807) is 42.5 Å². The zero-order valence-electron chi connectivity index (χ0n) is 12.4. The second-order valence-corrected chi connectivity index (χ2v) is 4.66. The fraction of sp³-hybridized carbons (Fsp3) is 0.176. The number of carbonyl (C=O) groups excluding carboxylic acids is 2. The number of methoxy groups -OCH3 is 1. The van der Waals surface area contributed by atoms with E-state index in [0.29, 0.717) is 11.3 Å². The smallest absolute Gasteiger partial charge is 0.333 e. The number of amides is 1. The molecule has 2 aromatic rings. The van der Waals surface area contributed by atoms with Crippen molar-refractivity contribution in [3.05, 3.63) is 65.6 Å². The molecule has 5 heteroatoms. The first kappa shape index (κ1) is 15.6. The van der Waals surface area contributed by atoms with E-state index in [2.05, 4.69) is 5.32 Å². The lowest BCUT2D eigenvalue weighted by molar-refractivity contribution is -0.144. The zero-order chi connectivity index (χ0) is 15.9. The summed E-state index contributed by atoms with van der Waals surface area (Å²) in [4.78, 5) is 23.8. The van der Waals surface area contributed by atoms with Crippen LogP contribution in [0.3, 0.4) is 0 Å². The first-order chi connectivity index (χ1) is 10.6. The summed E-state index contributed by atoms with van der Waals surface area (Å²) in [6.45, 7) is 1.82. The molecule has 1 heterocycles. The number of benzene rings is 1. The zero-order valence-corrected chi connectivity index (χ0v) is 12.4. The topological polar surface area (TPSA) is 68.5 Å². The van der Waals surface area contributed by atoms with Gasteiger partial charge in [0.1, 0.15) is 11.5 Å². The molecule has 22 heavy (non-hydrogen) atoms. The van der Waals surface area contributed by atoms with E-state index in [1.165, 1.54) is 13.2 Å². The average molecular weight is 299 g/mol. The Morgan fingerprint density at radius 1 is 1.18 bits per heavy atom. The van der Waals surface area contributed by atoms with Crippen molar-refractivity contribution in [3.8, 4) is 0 Å². The third-order valence-electron chi connectivity index (χ3n) is 3.02. The second kappa shape index (κ2) is 7.26. The van der Waals surface area contributed by atoms with E-state index in [0.717, 1.165) is 5.76 Å². The lowest BCUT2D eigenvalue weighted by Crippen LogP contribution is -2.33. The van der Waals surface area contributed by atoms with Crippen molar-refractivity contribution in [2.24, 2.45) is 0 Å². The number of ether oxygens (including phenoxy) is 1.